The van der Waals surface area contributed by atoms with Crippen LogP contribution in [0.25, 0.3) is 0 Å². The molecule has 1 aromatic carbocycles. The van der Waals surface area contributed by atoms with Crippen LogP contribution >= 0.6 is 0 Å². The Morgan fingerprint density at radius 2 is 1.75 bits per heavy atom. The number of fused-ring (bicyclic) bond motifs is 1. The average molecular weight is 444 g/mol. The molecule has 4 rings (SSSR count). The number of carboxylic acids is 1. The number of nitrogens with zero attached hydrogens (tertiary/aromatic N) is 3. The van der Waals surface area contributed by atoms with E-state index >= 15 is 0 Å². The van der Waals surface area contributed by atoms with Crippen molar-refractivity contribution >= 4 is 17.7 Å². The molecule has 2 heterocycles. The van der Waals surface area contributed by atoms with Crippen LogP contribution in [0.4, 0.5) is 10.5 Å². The highest BCUT2D eigenvalue weighted by molar-refractivity contribution is 5.94. The Kier molecular flexibility index (Phi) is 7.68. The molecule has 1 aliphatic carbocycles. The van der Waals surface area contributed by atoms with Crippen LogP contribution in [0.1, 0.15) is 56.1 Å². The first kappa shape index (κ1) is 23.1. The first-order chi connectivity index (χ1) is 15.5. The molecule has 2 fully saturated rings. The summed E-state index contributed by atoms with van der Waals surface area (Å²) in [7, 11) is 0. The largest absolute Gasteiger partial charge is 0.481 e. The zero-order chi connectivity index (χ0) is 22.5. The number of anilines is 1. The molecular formula is C25H37N3O4. The van der Waals surface area contributed by atoms with Crippen molar-refractivity contribution in [2.24, 2.45) is 5.92 Å². The van der Waals surface area contributed by atoms with Crippen molar-refractivity contribution in [1.82, 2.24) is 9.80 Å². The summed E-state index contributed by atoms with van der Waals surface area (Å²) in [6.07, 6.45) is 7.85. The van der Waals surface area contributed by atoms with E-state index in [-0.39, 0.29) is 25.1 Å². The number of urea groups is 1. The number of rotatable bonds is 8. The topological polar surface area (TPSA) is 84.3 Å². The molecule has 0 atom stereocenters. The van der Waals surface area contributed by atoms with Gasteiger partial charge in [-0.2, -0.15) is 0 Å². The second-order valence-electron chi connectivity index (χ2n) is 9.61. The van der Waals surface area contributed by atoms with E-state index < -0.39 is 5.97 Å². The molecule has 7 nitrogen and oxygen atoms in total. The number of carbonyl (C=O) groups is 2. The predicted molar refractivity (Wildman–Crippen MR) is 124 cm³/mol. The van der Waals surface area contributed by atoms with Crippen LogP contribution in [0.15, 0.2) is 18.2 Å². The number of aliphatic hydroxyl groups excluding tert-OH is 1. The fourth-order valence-electron chi connectivity index (χ4n) is 5.65. The SMILES string of the molecule is O=C(O)CCC1CCC(N2CCN(c3ccc4c(c3)CCN(CCCO)CC4)C2=O)CC1. The lowest BCUT2D eigenvalue weighted by atomic mass is 9.83. The average Bonchev–Trinajstić information content (AvgIpc) is 3.06. The van der Waals surface area contributed by atoms with Crippen LogP contribution in [0, 0.1) is 5.92 Å². The number of amides is 2. The quantitative estimate of drug-likeness (QED) is 0.645. The lowest BCUT2D eigenvalue weighted by molar-refractivity contribution is -0.137. The van der Waals surface area contributed by atoms with Crippen LogP contribution in [-0.4, -0.2) is 77.4 Å². The number of aliphatic hydroxyl groups is 1. The molecule has 3 aliphatic rings. The van der Waals surface area contributed by atoms with Gasteiger partial charge in [-0.3, -0.25) is 9.69 Å². The maximum atomic E-state index is 13.3. The van der Waals surface area contributed by atoms with Crippen LogP contribution in [0.2, 0.25) is 0 Å². The maximum Gasteiger partial charge on any atom is 0.324 e. The minimum Gasteiger partial charge on any atom is -0.481 e. The summed E-state index contributed by atoms with van der Waals surface area (Å²) in [6, 6.07) is 6.93. The molecular weight excluding hydrogens is 406 g/mol. The summed E-state index contributed by atoms with van der Waals surface area (Å²) in [5, 5.41) is 18.0. The second kappa shape index (κ2) is 10.7. The van der Waals surface area contributed by atoms with Crippen LogP contribution in [0.3, 0.4) is 0 Å². The Bertz CT molecular complexity index is 806. The molecule has 2 aliphatic heterocycles. The van der Waals surface area contributed by atoms with Gasteiger partial charge >= 0.3 is 12.0 Å². The zero-order valence-electron chi connectivity index (χ0n) is 19.0. The van der Waals surface area contributed by atoms with Crippen LogP contribution in [-0.2, 0) is 17.6 Å². The van der Waals surface area contributed by atoms with Gasteiger partial charge in [0.1, 0.15) is 0 Å². The van der Waals surface area contributed by atoms with Crippen LogP contribution < -0.4 is 4.90 Å². The van der Waals surface area contributed by atoms with Gasteiger partial charge in [0.25, 0.3) is 0 Å². The van der Waals surface area contributed by atoms with Crippen molar-refractivity contribution < 1.29 is 19.8 Å². The summed E-state index contributed by atoms with van der Waals surface area (Å²) in [5.74, 6) is -0.228. The van der Waals surface area contributed by atoms with Crippen LogP contribution in [0.5, 0.6) is 0 Å². The molecule has 1 aromatic rings. The number of hydrogen-bond acceptors (Lipinski definition) is 4. The highest BCUT2D eigenvalue weighted by atomic mass is 16.4. The summed E-state index contributed by atoms with van der Waals surface area (Å²) < 4.78 is 0. The van der Waals surface area contributed by atoms with E-state index in [9.17, 15) is 9.59 Å². The number of carbonyl (C=O) groups excluding carboxylic acids is 1. The lowest BCUT2D eigenvalue weighted by Crippen LogP contribution is -2.41. The fourth-order valence-corrected chi connectivity index (χ4v) is 5.65. The Morgan fingerprint density at radius 1 is 1.00 bits per heavy atom. The first-order valence-corrected chi connectivity index (χ1v) is 12.3. The highest BCUT2D eigenvalue weighted by Gasteiger charge is 2.36. The molecule has 2 N–H and O–H groups in total. The zero-order valence-corrected chi connectivity index (χ0v) is 19.0. The fraction of sp³-hybridized carbons (Fsp3) is 0.680. The molecule has 7 heteroatoms. The van der Waals surface area contributed by atoms with E-state index in [1.54, 1.807) is 0 Å². The molecule has 0 bridgehead atoms. The number of benzene rings is 1. The normalized spacial score (nSPS) is 24.5. The lowest BCUT2D eigenvalue weighted by Gasteiger charge is -2.34. The minimum absolute atomic E-state index is 0.122. The predicted octanol–water partition coefficient (Wildman–Crippen LogP) is 3.14. The summed E-state index contributed by atoms with van der Waals surface area (Å²) >= 11 is 0. The summed E-state index contributed by atoms with van der Waals surface area (Å²) in [6.45, 7) is 4.72. The van der Waals surface area contributed by atoms with Crippen molar-refractivity contribution in [2.75, 3.05) is 44.2 Å². The molecule has 0 unspecified atom stereocenters. The van der Waals surface area contributed by atoms with Gasteiger partial charge in [-0.15, -0.1) is 0 Å². The van der Waals surface area contributed by atoms with Crippen molar-refractivity contribution in [3.8, 4) is 0 Å². The third-order valence-corrected chi connectivity index (χ3v) is 7.59. The van der Waals surface area contributed by atoms with E-state index in [4.69, 9.17) is 10.2 Å². The number of aliphatic carboxylic acids is 1. The smallest absolute Gasteiger partial charge is 0.324 e. The van der Waals surface area contributed by atoms with Crippen molar-refractivity contribution in [2.45, 2.75) is 63.8 Å². The molecule has 176 valence electrons. The maximum absolute atomic E-state index is 13.3. The van der Waals surface area contributed by atoms with Gasteiger partial charge in [-0.1, -0.05) is 6.07 Å². The number of carboxylic acid groups (broad SMARTS) is 1. The Balaban J connectivity index is 1.34. The van der Waals surface area contributed by atoms with Gasteiger partial charge in [0.15, 0.2) is 0 Å². The van der Waals surface area contributed by atoms with E-state index in [0.717, 1.165) is 89.8 Å². The van der Waals surface area contributed by atoms with E-state index in [2.05, 4.69) is 28.0 Å². The molecule has 1 saturated carbocycles. The molecule has 32 heavy (non-hydrogen) atoms. The standard InChI is InChI=1S/C25H37N3O4/c29-17-1-12-26-13-10-20-5-8-23(18-21(20)11-14-26)28-16-15-27(25(28)32)22-6-2-19(3-7-22)4-9-24(30)31/h5,8,18-19,22,29H,1-4,6-7,9-17H2,(H,30,31). The highest BCUT2D eigenvalue weighted by Crippen LogP contribution is 2.33. The van der Waals surface area contributed by atoms with Crippen molar-refractivity contribution in [3.05, 3.63) is 29.3 Å². The van der Waals surface area contributed by atoms with Gasteiger partial charge in [0, 0.05) is 57.5 Å². The first-order valence-electron chi connectivity index (χ1n) is 12.3. The molecule has 0 aromatic heterocycles. The molecule has 0 radical (unpaired) electrons. The summed E-state index contributed by atoms with van der Waals surface area (Å²) in [4.78, 5) is 30.5. The monoisotopic (exact) mass is 443 g/mol. The minimum atomic E-state index is -0.712. The molecule has 0 spiro atoms. The van der Waals surface area contributed by atoms with E-state index in [1.807, 2.05) is 4.90 Å². The Morgan fingerprint density at radius 3 is 2.47 bits per heavy atom. The van der Waals surface area contributed by atoms with Crippen molar-refractivity contribution in [3.63, 3.8) is 0 Å². The Hall–Kier alpha value is -2.12. The van der Waals surface area contributed by atoms with Gasteiger partial charge in [0.2, 0.25) is 0 Å². The third kappa shape index (κ3) is 5.44. The molecule has 1 saturated heterocycles. The van der Waals surface area contributed by atoms with Gasteiger partial charge in [0.05, 0.1) is 0 Å². The van der Waals surface area contributed by atoms with Gasteiger partial charge < -0.3 is 20.0 Å². The third-order valence-electron chi connectivity index (χ3n) is 7.59. The van der Waals surface area contributed by atoms with E-state index in [1.165, 1.54) is 11.1 Å². The van der Waals surface area contributed by atoms with Crippen molar-refractivity contribution in [1.29, 1.82) is 0 Å². The van der Waals surface area contributed by atoms with Gasteiger partial charge in [-0.05, 0) is 80.5 Å². The summed E-state index contributed by atoms with van der Waals surface area (Å²) in [5.41, 5.74) is 3.73. The Labute approximate surface area is 191 Å². The number of hydrogen-bond donors (Lipinski definition) is 2. The van der Waals surface area contributed by atoms with E-state index in [0.29, 0.717) is 5.92 Å². The second-order valence-corrected chi connectivity index (χ2v) is 9.61. The van der Waals surface area contributed by atoms with Gasteiger partial charge in [-0.25, -0.2) is 4.79 Å². The molecule has 2 amide bonds.